The minimum Gasteiger partial charge on any atom is -0.486 e. The second-order valence-corrected chi connectivity index (χ2v) is 6.88. The molecule has 0 radical (unpaired) electrons. The highest BCUT2D eigenvalue weighted by Crippen LogP contribution is 2.37. The van der Waals surface area contributed by atoms with E-state index in [1.165, 1.54) is 18.4 Å². The average molecular weight is 388 g/mol. The molecule has 1 amide bonds. The van der Waals surface area contributed by atoms with Crippen LogP contribution >= 0.6 is 0 Å². The van der Waals surface area contributed by atoms with Gasteiger partial charge >= 0.3 is 5.97 Å². The Morgan fingerprint density at radius 2 is 2.07 bits per heavy atom. The maximum atomic E-state index is 13.0. The molecule has 0 saturated carbocycles. The summed E-state index contributed by atoms with van der Waals surface area (Å²) in [4.78, 5) is 30.3. The zero-order valence-electron chi connectivity index (χ0n) is 15.3. The molecule has 0 aliphatic carbocycles. The van der Waals surface area contributed by atoms with Crippen LogP contribution in [0, 0.1) is 5.41 Å². The number of aromatic nitrogens is 1. The molecule has 0 bridgehead atoms. The van der Waals surface area contributed by atoms with Crippen LogP contribution < -0.4 is 9.47 Å². The number of aliphatic carboxylic acids is 1. The fourth-order valence-corrected chi connectivity index (χ4v) is 3.61. The number of amides is 1. The quantitative estimate of drug-likeness (QED) is 0.823. The molecule has 9 heteroatoms. The first kappa shape index (κ1) is 18.3. The van der Waals surface area contributed by atoms with Gasteiger partial charge in [0.1, 0.15) is 18.6 Å². The number of likely N-dealkylation sites (tertiary alicyclic amines) is 1. The second kappa shape index (κ2) is 7.16. The Labute approximate surface area is 160 Å². The molecule has 1 aromatic heterocycles. The fourth-order valence-electron chi connectivity index (χ4n) is 3.61. The van der Waals surface area contributed by atoms with E-state index in [-0.39, 0.29) is 24.8 Å². The summed E-state index contributed by atoms with van der Waals surface area (Å²) in [6.07, 6.45) is 1.52. The van der Waals surface area contributed by atoms with Gasteiger partial charge in [0, 0.05) is 25.8 Å². The van der Waals surface area contributed by atoms with Gasteiger partial charge in [0.05, 0.1) is 6.61 Å². The van der Waals surface area contributed by atoms with Gasteiger partial charge in [-0.3, -0.25) is 9.59 Å². The van der Waals surface area contributed by atoms with Crippen molar-refractivity contribution in [1.82, 2.24) is 9.88 Å². The van der Waals surface area contributed by atoms with Crippen molar-refractivity contribution in [1.29, 1.82) is 0 Å². The summed E-state index contributed by atoms with van der Waals surface area (Å²) in [5.41, 5.74) is -0.341. The molecule has 3 heterocycles. The van der Waals surface area contributed by atoms with Crippen LogP contribution in [-0.4, -0.2) is 66.9 Å². The summed E-state index contributed by atoms with van der Waals surface area (Å²) < 4.78 is 21.6. The molecule has 2 aromatic rings. The first-order valence-corrected chi connectivity index (χ1v) is 8.89. The normalized spacial score (nSPS) is 21.0. The first-order valence-electron chi connectivity index (χ1n) is 8.89. The Morgan fingerprint density at radius 3 is 2.82 bits per heavy atom. The number of methoxy groups -OCH3 is 1. The van der Waals surface area contributed by atoms with Crippen LogP contribution in [0.25, 0.3) is 11.3 Å². The van der Waals surface area contributed by atoms with Crippen molar-refractivity contribution in [3.8, 4) is 22.8 Å². The number of carboxylic acid groups (broad SMARTS) is 1. The molecule has 148 valence electrons. The minimum absolute atomic E-state index is 0.0416. The molecule has 28 heavy (non-hydrogen) atoms. The van der Waals surface area contributed by atoms with Crippen LogP contribution in [0.3, 0.4) is 0 Å². The van der Waals surface area contributed by atoms with E-state index in [9.17, 15) is 14.7 Å². The monoisotopic (exact) mass is 388 g/mol. The lowest BCUT2D eigenvalue weighted by molar-refractivity contribution is -0.151. The highest BCUT2D eigenvalue weighted by molar-refractivity contribution is 5.98. The summed E-state index contributed by atoms with van der Waals surface area (Å²) in [7, 11) is 1.45. The maximum Gasteiger partial charge on any atom is 0.313 e. The van der Waals surface area contributed by atoms with E-state index in [0.29, 0.717) is 49.0 Å². The molecule has 1 saturated heterocycles. The van der Waals surface area contributed by atoms with Crippen LogP contribution in [0.15, 0.2) is 29.0 Å². The molecule has 9 nitrogen and oxygen atoms in total. The summed E-state index contributed by atoms with van der Waals surface area (Å²) >= 11 is 0. The topological polar surface area (TPSA) is 111 Å². The van der Waals surface area contributed by atoms with Crippen LogP contribution in [0.2, 0.25) is 0 Å². The van der Waals surface area contributed by atoms with E-state index in [0.717, 1.165) is 0 Å². The summed E-state index contributed by atoms with van der Waals surface area (Å²) in [5, 5.41) is 9.59. The Morgan fingerprint density at radius 1 is 1.29 bits per heavy atom. The molecule has 2 aliphatic rings. The van der Waals surface area contributed by atoms with Crippen LogP contribution in [0.1, 0.15) is 16.9 Å². The number of nitrogens with zero attached hydrogens (tertiary/aromatic N) is 2. The van der Waals surface area contributed by atoms with E-state index >= 15 is 0 Å². The number of hydrogen-bond acceptors (Lipinski definition) is 7. The van der Waals surface area contributed by atoms with E-state index in [1.54, 1.807) is 18.2 Å². The smallest absolute Gasteiger partial charge is 0.313 e. The van der Waals surface area contributed by atoms with E-state index in [4.69, 9.17) is 18.6 Å². The zero-order valence-corrected chi connectivity index (χ0v) is 15.3. The van der Waals surface area contributed by atoms with Crippen molar-refractivity contribution >= 4 is 11.9 Å². The lowest BCUT2D eigenvalue weighted by Gasteiger charge is -2.23. The molecule has 1 atom stereocenters. The Balaban J connectivity index is 1.59. The Hall–Kier alpha value is -3.07. The molecule has 1 aromatic carbocycles. The molecule has 2 aliphatic heterocycles. The average Bonchev–Trinajstić information content (AvgIpc) is 3.36. The number of ether oxygens (including phenoxy) is 3. The van der Waals surface area contributed by atoms with Gasteiger partial charge in [0.15, 0.2) is 29.3 Å². The SMILES string of the molecule is COCC1(C(=O)O)CCN(C(=O)c2ncoc2-c2ccc3c(c2)OCCO3)C1. The second-order valence-electron chi connectivity index (χ2n) is 6.88. The Kier molecular flexibility index (Phi) is 4.68. The van der Waals surface area contributed by atoms with Gasteiger partial charge in [-0.2, -0.15) is 0 Å². The van der Waals surface area contributed by atoms with Crippen molar-refractivity contribution in [2.24, 2.45) is 5.41 Å². The molecule has 1 fully saturated rings. The van der Waals surface area contributed by atoms with E-state index in [1.807, 2.05) is 0 Å². The molecule has 1 N–H and O–H groups in total. The third-order valence-corrected chi connectivity index (χ3v) is 5.09. The summed E-state index contributed by atoms with van der Waals surface area (Å²) in [5.74, 6) is 0.161. The van der Waals surface area contributed by atoms with Gasteiger partial charge < -0.3 is 28.6 Å². The molecule has 1 unspecified atom stereocenters. The predicted molar refractivity (Wildman–Crippen MR) is 95.4 cm³/mol. The fraction of sp³-hybridized carbons (Fsp3) is 0.421. The number of carboxylic acids is 1. The van der Waals surface area contributed by atoms with Gasteiger partial charge in [-0.15, -0.1) is 0 Å². The number of carbonyl (C=O) groups is 2. The lowest BCUT2D eigenvalue weighted by atomic mass is 9.88. The van der Waals surface area contributed by atoms with Crippen molar-refractivity contribution < 1.29 is 33.3 Å². The minimum atomic E-state index is -1.11. The van der Waals surface area contributed by atoms with Crippen molar-refractivity contribution in [2.75, 3.05) is 40.0 Å². The van der Waals surface area contributed by atoms with E-state index in [2.05, 4.69) is 4.98 Å². The van der Waals surface area contributed by atoms with Crippen LogP contribution in [0.5, 0.6) is 11.5 Å². The number of fused-ring (bicyclic) bond motifs is 1. The predicted octanol–water partition coefficient (Wildman–Crippen LogP) is 1.68. The highest BCUT2D eigenvalue weighted by atomic mass is 16.6. The van der Waals surface area contributed by atoms with Crippen molar-refractivity contribution in [2.45, 2.75) is 6.42 Å². The molecular formula is C19H20N2O7. The number of oxazole rings is 1. The molecule has 4 rings (SSSR count). The Bertz CT molecular complexity index is 909. The van der Waals surface area contributed by atoms with Gasteiger partial charge in [0.25, 0.3) is 5.91 Å². The van der Waals surface area contributed by atoms with E-state index < -0.39 is 11.4 Å². The largest absolute Gasteiger partial charge is 0.486 e. The van der Waals surface area contributed by atoms with Gasteiger partial charge in [0.2, 0.25) is 0 Å². The van der Waals surface area contributed by atoms with Crippen molar-refractivity contribution in [3.05, 3.63) is 30.3 Å². The van der Waals surface area contributed by atoms with Gasteiger partial charge in [-0.25, -0.2) is 4.98 Å². The molecule has 0 spiro atoms. The summed E-state index contributed by atoms with van der Waals surface area (Å²) in [6, 6.07) is 5.26. The number of carbonyl (C=O) groups excluding carboxylic acids is 1. The number of hydrogen-bond donors (Lipinski definition) is 1. The maximum absolute atomic E-state index is 13.0. The highest BCUT2D eigenvalue weighted by Gasteiger charge is 2.47. The molecular weight excluding hydrogens is 368 g/mol. The van der Waals surface area contributed by atoms with Gasteiger partial charge in [-0.05, 0) is 24.6 Å². The van der Waals surface area contributed by atoms with Crippen LogP contribution in [-0.2, 0) is 9.53 Å². The number of benzene rings is 1. The van der Waals surface area contributed by atoms with Gasteiger partial charge in [-0.1, -0.05) is 0 Å². The standard InChI is InChI=1S/C19H20N2O7/c1-25-10-19(18(23)24)4-5-21(9-19)17(22)15-16(28-11-20-15)12-2-3-13-14(8-12)27-7-6-26-13/h2-3,8,11H,4-7,9-10H2,1H3,(H,23,24). The third-order valence-electron chi connectivity index (χ3n) is 5.09. The van der Waals surface area contributed by atoms with Crippen LogP contribution in [0.4, 0.5) is 0 Å². The lowest BCUT2D eigenvalue weighted by Crippen LogP contribution is -2.40. The third kappa shape index (κ3) is 3.07. The number of rotatable bonds is 5. The summed E-state index contributed by atoms with van der Waals surface area (Å²) in [6.45, 7) is 1.34. The zero-order chi connectivity index (χ0) is 19.7. The van der Waals surface area contributed by atoms with Crippen molar-refractivity contribution in [3.63, 3.8) is 0 Å². The first-order chi connectivity index (χ1) is 13.5.